The van der Waals surface area contributed by atoms with Crippen LogP contribution < -0.4 is 5.32 Å². The molecule has 1 aromatic heterocycles. The van der Waals surface area contributed by atoms with E-state index in [0.717, 1.165) is 29.4 Å². The molecule has 0 amide bonds. The highest BCUT2D eigenvalue weighted by Crippen LogP contribution is 2.32. The number of benzene rings is 1. The second-order valence-corrected chi connectivity index (χ2v) is 6.29. The van der Waals surface area contributed by atoms with E-state index in [1.807, 2.05) is 6.07 Å². The maximum Gasteiger partial charge on any atom is 0.306 e. The average Bonchev–Trinajstić information content (AvgIpc) is 2.56. The first-order valence-electron chi connectivity index (χ1n) is 7.56. The molecule has 2 N–H and O–H groups in total. The fraction of sp³-hybridized carbons (Fsp3) is 0.353. The zero-order chi connectivity index (χ0) is 16.4. The number of carbonyl (C=O) groups is 1. The number of rotatable bonds is 3. The smallest absolute Gasteiger partial charge is 0.306 e. The van der Waals surface area contributed by atoms with Gasteiger partial charge < -0.3 is 10.4 Å². The van der Waals surface area contributed by atoms with Crippen LogP contribution in [0.3, 0.4) is 0 Å². The molecule has 23 heavy (non-hydrogen) atoms. The van der Waals surface area contributed by atoms with Crippen molar-refractivity contribution in [1.82, 2.24) is 4.98 Å². The van der Waals surface area contributed by atoms with Crippen molar-refractivity contribution in [2.45, 2.75) is 31.7 Å². The van der Waals surface area contributed by atoms with E-state index in [1.54, 1.807) is 18.3 Å². The SMILES string of the molecule is N#Cc1cnc2ccc(Cl)cc2c1NC1CCC(C(=O)O)CC1. The van der Waals surface area contributed by atoms with Crippen molar-refractivity contribution >= 4 is 34.2 Å². The van der Waals surface area contributed by atoms with Crippen LogP contribution in [0.15, 0.2) is 24.4 Å². The van der Waals surface area contributed by atoms with Gasteiger partial charge in [0.05, 0.1) is 22.7 Å². The maximum absolute atomic E-state index is 11.0. The number of fused-ring (bicyclic) bond motifs is 1. The molecule has 2 aromatic rings. The minimum absolute atomic E-state index is 0.155. The highest BCUT2D eigenvalue weighted by atomic mass is 35.5. The quantitative estimate of drug-likeness (QED) is 0.894. The van der Waals surface area contributed by atoms with E-state index in [-0.39, 0.29) is 12.0 Å². The summed E-state index contributed by atoms with van der Waals surface area (Å²) in [7, 11) is 0. The lowest BCUT2D eigenvalue weighted by atomic mass is 9.86. The van der Waals surface area contributed by atoms with Gasteiger partial charge in [0.15, 0.2) is 0 Å². The van der Waals surface area contributed by atoms with Crippen LogP contribution in [0.5, 0.6) is 0 Å². The molecule has 0 saturated heterocycles. The van der Waals surface area contributed by atoms with E-state index >= 15 is 0 Å². The third-order valence-corrected chi connectivity index (χ3v) is 4.61. The molecule has 1 aromatic carbocycles. The molecule has 0 bridgehead atoms. The molecule has 0 aliphatic heterocycles. The predicted octanol–water partition coefficient (Wildman–Crippen LogP) is 3.82. The monoisotopic (exact) mass is 329 g/mol. The van der Waals surface area contributed by atoms with Gasteiger partial charge in [0, 0.05) is 22.6 Å². The molecule has 118 valence electrons. The summed E-state index contributed by atoms with van der Waals surface area (Å²) in [6.07, 6.45) is 4.40. The number of pyridine rings is 1. The Morgan fingerprint density at radius 1 is 1.35 bits per heavy atom. The summed E-state index contributed by atoms with van der Waals surface area (Å²) < 4.78 is 0. The van der Waals surface area contributed by atoms with Crippen LogP contribution in [0.4, 0.5) is 5.69 Å². The Morgan fingerprint density at radius 3 is 2.74 bits per heavy atom. The number of carboxylic acid groups (broad SMARTS) is 1. The maximum atomic E-state index is 11.0. The number of nitrogens with zero attached hydrogens (tertiary/aromatic N) is 2. The minimum atomic E-state index is -0.720. The number of aliphatic carboxylic acids is 1. The molecule has 0 atom stereocenters. The van der Waals surface area contributed by atoms with Crippen molar-refractivity contribution in [2.24, 2.45) is 5.92 Å². The van der Waals surface area contributed by atoms with Crippen molar-refractivity contribution in [3.8, 4) is 6.07 Å². The Labute approximate surface area is 138 Å². The molecule has 1 saturated carbocycles. The van der Waals surface area contributed by atoms with Gasteiger partial charge in [0.1, 0.15) is 6.07 Å². The van der Waals surface area contributed by atoms with Crippen molar-refractivity contribution in [2.75, 3.05) is 5.32 Å². The molecule has 1 aliphatic carbocycles. The lowest BCUT2D eigenvalue weighted by molar-refractivity contribution is -0.142. The summed E-state index contributed by atoms with van der Waals surface area (Å²) in [6.45, 7) is 0. The van der Waals surface area contributed by atoms with E-state index in [4.69, 9.17) is 16.7 Å². The molecule has 6 heteroatoms. The largest absolute Gasteiger partial charge is 0.481 e. The van der Waals surface area contributed by atoms with Crippen LogP contribution in [0.25, 0.3) is 10.9 Å². The van der Waals surface area contributed by atoms with Crippen LogP contribution in [-0.2, 0) is 4.79 Å². The second-order valence-electron chi connectivity index (χ2n) is 5.85. The molecule has 1 fully saturated rings. The first-order valence-corrected chi connectivity index (χ1v) is 7.94. The molecular weight excluding hydrogens is 314 g/mol. The Balaban J connectivity index is 1.89. The van der Waals surface area contributed by atoms with Crippen molar-refractivity contribution in [3.63, 3.8) is 0 Å². The Morgan fingerprint density at radius 2 is 2.09 bits per heavy atom. The van der Waals surface area contributed by atoms with Crippen LogP contribution in [0.2, 0.25) is 5.02 Å². The zero-order valence-corrected chi connectivity index (χ0v) is 13.2. The number of aromatic nitrogens is 1. The van der Waals surface area contributed by atoms with Gasteiger partial charge >= 0.3 is 5.97 Å². The van der Waals surface area contributed by atoms with Gasteiger partial charge in [0.2, 0.25) is 0 Å². The van der Waals surface area contributed by atoms with E-state index < -0.39 is 5.97 Å². The lowest BCUT2D eigenvalue weighted by Gasteiger charge is -2.28. The molecule has 5 nitrogen and oxygen atoms in total. The number of hydrogen-bond acceptors (Lipinski definition) is 4. The summed E-state index contributed by atoms with van der Waals surface area (Å²) in [5.74, 6) is -0.977. The van der Waals surface area contributed by atoms with Gasteiger partial charge in [-0.15, -0.1) is 0 Å². The fourth-order valence-corrected chi connectivity index (χ4v) is 3.27. The van der Waals surface area contributed by atoms with E-state index in [9.17, 15) is 10.1 Å². The Kier molecular flexibility index (Phi) is 4.35. The van der Waals surface area contributed by atoms with Crippen molar-refractivity contribution in [3.05, 3.63) is 35.0 Å². The van der Waals surface area contributed by atoms with Crippen LogP contribution in [-0.4, -0.2) is 22.1 Å². The Bertz CT molecular complexity index is 792. The van der Waals surface area contributed by atoms with Gasteiger partial charge in [-0.1, -0.05) is 11.6 Å². The van der Waals surface area contributed by atoms with Crippen LogP contribution >= 0.6 is 11.6 Å². The third-order valence-electron chi connectivity index (χ3n) is 4.38. The summed E-state index contributed by atoms with van der Waals surface area (Å²) >= 11 is 6.08. The van der Waals surface area contributed by atoms with Gasteiger partial charge in [-0.2, -0.15) is 5.26 Å². The van der Waals surface area contributed by atoms with E-state index in [0.29, 0.717) is 23.4 Å². The third kappa shape index (κ3) is 3.22. The molecule has 0 radical (unpaired) electrons. The summed E-state index contributed by atoms with van der Waals surface area (Å²) in [6, 6.07) is 7.71. The summed E-state index contributed by atoms with van der Waals surface area (Å²) in [5, 5.41) is 23.3. The highest BCUT2D eigenvalue weighted by molar-refractivity contribution is 6.31. The molecule has 0 spiro atoms. The molecule has 1 aliphatic rings. The lowest BCUT2D eigenvalue weighted by Crippen LogP contribution is -2.29. The molecular formula is C17H16ClN3O2. The Hall–Kier alpha value is -2.32. The molecule has 3 rings (SSSR count). The molecule has 0 unspecified atom stereocenters. The number of anilines is 1. The number of nitriles is 1. The second kappa shape index (κ2) is 6.43. The van der Waals surface area contributed by atoms with Gasteiger partial charge in [-0.3, -0.25) is 9.78 Å². The van der Waals surface area contributed by atoms with Crippen molar-refractivity contribution < 1.29 is 9.90 Å². The topological polar surface area (TPSA) is 86.0 Å². The highest BCUT2D eigenvalue weighted by Gasteiger charge is 2.26. The van der Waals surface area contributed by atoms with Crippen molar-refractivity contribution in [1.29, 1.82) is 5.26 Å². The number of halogens is 1. The normalized spacial score (nSPS) is 20.9. The first-order chi connectivity index (χ1) is 11.1. The van der Waals surface area contributed by atoms with Gasteiger partial charge in [-0.05, 0) is 43.9 Å². The average molecular weight is 330 g/mol. The summed E-state index contributed by atoms with van der Waals surface area (Å²) in [4.78, 5) is 15.3. The fourth-order valence-electron chi connectivity index (χ4n) is 3.09. The summed E-state index contributed by atoms with van der Waals surface area (Å²) in [5.41, 5.74) is 1.98. The standard InChI is InChI=1S/C17H16ClN3O2/c18-12-3-6-15-14(7-12)16(11(8-19)9-20-15)21-13-4-1-10(2-5-13)17(22)23/h3,6-7,9-10,13H,1-2,4-5H2,(H,20,21)(H,22,23). The number of hydrogen-bond donors (Lipinski definition) is 2. The van der Waals surface area contributed by atoms with E-state index in [1.165, 1.54) is 0 Å². The van der Waals surface area contributed by atoms with E-state index in [2.05, 4.69) is 16.4 Å². The number of nitrogens with one attached hydrogen (secondary N) is 1. The first kappa shape index (κ1) is 15.6. The van der Waals surface area contributed by atoms with Crippen LogP contribution in [0.1, 0.15) is 31.2 Å². The van der Waals surface area contributed by atoms with Gasteiger partial charge in [-0.25, -0.2) is 0 Å². The zero-order valence-electron chi connectivity index (χ0n) is 12.4. The molecule has 1 heterocycles. The van der Waals surface area contributed by atoms with Crippen LogP contribution in [0, 0.1) is 17.2 Å². The minimum Gasteiger partial charge on any atom is -0.481 e. The van der Waals surface area contributed by atoms with Gasteiger partial charge in [0.25, 0.3) is 0 Å². The number of carboxylic acids is 1. The predicted molar refractivity (Wildman–Crippen MR) is 88.5 cm³/mol.